The minimum absolute atomic E-state index is 0. The number of nitrogens with zero attached hydrogens (tertiary/aromatic N) is 1. The number of piperidine rings is 1. The Bertz CT molecular complexity index is 462. The Morgan fingerprint density at radius 1 is 1.36 bits per heavy atom. The van der Waals surface area contributed by atoms with E-state index in [1.54, 1.807) is 7.11 Å². The average Bonchev–Trinajstić information content (AvgIpc) is 2.53. The van der Waals surface area contributed by atoms with Crippen molar-refractivity contribution in [1.29, 1.82) is 0 Å². The molecule has 1 amide bonds. The van der Waals surface area contributed by atoms with Gasteiger partial charge in [-0.3, -0.25) is 4.79 Å². The summed E-state index contributed by atoms with van der Waals surface area (Å²) in [5.41, 5.74) is 7.19. The van der Waals surface area contributed by atoms with Gasteiger partial charge < -0.3 is 15.4 Å². The number of ether oxygens (including phenoxy) is 1. The normalized spacial score (nSPS) is 19.2. The van der Waals surface area contributed by atoms with E-state index in [1.807, 2.05) is 36.1 Å². The third-order valence-corrected chi connectivity index (χ3v) is 4.26. The predicted molar refractivity (Wildman–Crippen MR) is 91.6 cm³/mol. The molecule has 0 aliphatic carbocycles. The van der Waals surface area contributed by atoms with Crippen molar-refractivity contribution in [3.63, 3.8) is 0 Å². The standard InChI is InChI=1S/C17H26N2O2.ClH/c1-13(18)16-5-3-4-12-19(16)17(20)11-8-14-6-9-15(21-2)10-7-14;/h6-7,9-10,13,16H,3-5,8,11-12,18H2,1-2H3;1H. The molecule has 1 aliphatic heterocycles. The quantitative estimate of drug-likeness (QED) is 0.905. The molecule has 1 aromatic rings. The van der Waals surface area contributed by atoms with Crippen LogP contribution < -0.4 is 10.5 Å². The predicted octanol–water partition coefficient (Wildman–Crippen LogP) is 2.78. The lowest BCUT2D eigenvalue weighted by Gasteiger charge is -2.38. The zero-order valence-corrected chi connectivity index (χ0v) is 14.3. The summed E-state index contributed by atoms with van der Waals surface area (Å²) in [6.07, 6.45) is 4.62. The first-order valence-corrected chi connectivity index (χ1v) is 7.80. The average molecular weight is 327 g/mol. The Kier molecular flexibility index (Phi) is 7.69. The van der Waals surface area contributed by atoms with Gasteiger partial charge in [0.1, 0.15) is 5.75 Å². The fourth-order valence-electron chi connectivity index (χ4n) is 3.00. The molecule has 1 fully saturated rings. The topological polar surface area (TPSA) is 55.6 Å². The summed E-state index contributed by atoms with van der Waals surface area (Å²) in [7, 11) is 1.66. The van der Waals surface area contributed by atoms with E-state index in [2.05, 4.69) is 0 Å². The van der Waals surface area contributed by atoms with Gasteiger partial charge in [0.15, 0.2) is 0 Å². The Balaban J connectivity index is 0.00000242. The van der Waals surface area contributed by atoms with Gasteiger partial charge in [-0.2, -0.15) is 0 Å². The molecule has 1 aliphatic rings. The number of rotatable bonds is 5. The first kappa shape index (κ1) is 18.8. The minimum atomic E-state index is 0. The number of halogens is 1. The number of nitrogens with two attached hydrogens (primary N) is 1. The van der Waals surface area contributed by atoms with Gasteiger partial charge in [0.2, 0.25) is 5.91 Å². The highest BCUT2D eigenvalue weighted by Crippen LogP contribution is 2.21. The molecule has 124 valence electrons. The lowest BCUT2D eigenvalue weighted by Crippen LogP contribution is -2.51. The van der Waals surface area contributed by atoms with E-state index < -0.39 is 0 Å². The van der Waals surface area contributed by atoms with Crippen molar-refractivity contribution >= 4 is 18.3 Å². The van der Waals surface area contributed by atoms with E-state index in [4.69, 9.17) is 10.5 Å². The number of methoxy groups -OCH3 is 1. The Morgan fingerprint density at radius 2 is 2.05 bits per heavy atom. The molecule has 1 heterocycles. The number of hydrogen-bond donors (Lipinski definition) is 1. The molecular formula is C17H27ClN2O2. The molecule has 0 saturated carbocycles. The molecule has 0 radical (unpaired) electrons. The number of amides is 1. The molecule has 22 heavy (non-hydrogen) atoms. The van der Waals surface area contributed by atoms with Crippen LogP contribution in [0.1, 0.15) is 38.2 Å². The molecule has 5 heteroatoms. The number of carbonyl (C=O) groups excluding carboxylic acids is 1. The Morgan fingerprint density at radius 3 is 2.64 bits per heavy atom. The first-order chi connectivity index (χ1) is 10.1. The summed E-state index contributed by atoms with van der Waals surface area (Å²) in [6.45, 7) is 2.85. The summed E-state index contributed by atoms with van der Waals surface area (Å²) >= 11 is 0. The van der Waals surface area contributed by atoms with Gasteiger partial charge in [0, 0.05) is 25.0 Å². The smallest absolute Gasteiger partial charge is 0.223 e. The number of likely N-dealkylation sites (tertiary alicyclic amines) is 1. The molecule has 0 aromatic heterocycles. The van der Waals surface area contributed by atoms with E-state index in [1.165, 1.54) is 12.0 Å². The highest BCUT2D eigenvalue weighted by atomic mass is 35.5. The van der Waals surface area contributed by atoms with Crippen LogP contribution in [-0.4, -0.2) is 36.5 Å². The highest BCUT2D eigenvalue weighted by molar-refractivity contribution is 5.85. The second-order valence-electron chi connectivity index (χ2n) is 5.86. The summed E-state index contributed by atoms with van der Waals surface area (Å²) in [5.74, 6) is 1.07. The first-order valence-electron chi connectivity index (χ1n) is 7.80. The number of aryl methyl sites for hydroxylation is 1. The van der Waals surface area contributed by atoms with Gasteiger partial charge in [-0.15, -0.1) is 12.4 Å². The molecule has 2 N–H and O–H groups in total. The monoisotopic (exact) mass is 326 g/mol. The molecule has 2 atom stereocenters. The maximum Gasteiger partial charge on any atom is 0.223 e. The second-order valence-corrected chi connectivity index (χ2v) is 5.86. The van der Waals surface area contributed by atoms with E-state index in [0.717, 1.165) is 31.6 Å². The van der Waals surface area contributed by atoms with Crippen molar-refractivity contribution in [2.24, 2.45) is 5.73 Å². The Labute approximate surface area is 139 Å². The van der Waals surface area contributed by atoms with E-state index in [-0.39, 0.29) is 30.4 Å². The minimum Gasteiger partial charge on any atom is -0.497 e. The van der Waals surface area contributed by atoms with Gasteiger partial charge in [-0.05, 0) is 50.3 Å². The molecule has 2 rings (SSSR count). The molecule has 1 saturated heterocycles. The van der Waals surface area contributed by atoms with Gasteiger partial charge in [-0.1, -0.05) is 12.1 Å². The molecule has 1 aromatic carbocycles. The second kappa shape index (κ2) is 9.01. The van der Waals surface area contributed by atoms with Crippen LogP contribution in [0.15, 0.2) is 24.3 Å². The highest BCUT2D eigenvalue weighted by Gasteiger charge is 2.28. The van der Waals surface area contributed by atoms with Crippen molar-refractivity contribution in [2.45, 2.75) is 51.1 Å². The van der Waals surface area contributed by atoms with Crippen LogP contribution in [0.3, 0.4) is 0 Å². The van der Waals surface area contributed by atoms with Crippen molar-refractivity contribution < 1.29 is 9.53 Å². The molecule has 2 unspecified atom stereocenters. The van der Waals surface area contributed by atoms with Crippen LogP contribution in [0.5, 0.6) is 5.75 Å². The number of carbonyl (C=O) groups is 1. The summed E-state index contributed by atoms with van der Waals surface area (Å²) < 4.78 is 5.14. The van der Waals surface area contributed by atoms with Gasteiger partial charge in [0.25, 0.3) is 0 Å². The van der Waals surface area contributed by atoms with Crippen LogP contribution in [0.4, 0.5) is 0 Å². The lowest BCUT2D eigenvalue weighted by molar-refractivity contribution is -0.135. The SMILES string of the molecule is COc1ccc(CCC(=O)N2CCCCC2C(C)N)cc1.Cl. The summed E-state index contributed by atoms with van der Waals surface area (Å²) in [6, 6.07) is 8.17. The summed E-state index contributed by atoms with van der Waals surface area (Å²) in [4.78, 5) is 14.5. The lowest BCUT2D eigenvalue weighted by atomic mass is 9.96. The number of benzene rings is 1. The third kappa shape index (κ3) is 4.89. The summed E-state index contributed by atoms with van der Waals surface area (Å²) in [5, 5.41) is 0. The Hall–Kier alpha value is -1.26. The van der Waals surface area contributed by atoms with Crippen molar-refractivity contribution in [3.05, 3.63) is 29.8 Å². The largest absolute Gasteiger partial charge is 0.497 e. The van der Waals surface area contributed by atoms with Crippen LogP contribution in [0, 0.1) is 0 Å². The van der Waals surface area contributed by atoms with Gasteiger partial charge in [0.05, 0.1) is 7.11 Å². The molecular weight excluding hydrogens is 300 g/mol. The van der Waals surface area contributed by atoms with Gasteiger partial charge >= 0.3 is 0 Å². The van der Waals surface area contributed by atoms with Crippen LogP contribution in [-0.2, 0) is 11.2 Å². The maximum absolute atomic E-state index is 12.5. The molecule has 4 nitrogen and oxygen atoms in total. The van der Waals surface area contributed by atoms with Crippen LogP contribution in [0.25, 0.3) is 0 Å². The van der Waals surface area contributed by atoms with Crippen molar-refractivity contribution in [1.82, 2.24) is 4.90 Å². The van der Waals surface area contributed by atoms with Gasteiger partial charge in [-0.25, -0.2) is 0 Å². The number of hydrogen-bond acceptors (Lipinski definition) is 3. The fourth-order valence-corrected chi connectivity index (χ4v) is 3.00. The maximum atomic E-state index is 12.5. The zero-order chi connectivity index (χ0) is 15.2. The van der Waals surface area contributed by atoms with Crippen LogP contribution in [0.2, 0.25) is 0 Å². The van der Waals surface area contributed by atoms with E-state index in [0.29, 0.717) is 6.42 Å². The zero-order valence-electron chi connectivity index (χ0n) is 13.5. The van der Waals surface area contributed by atoms with Crippen molar-refractivity contribution in [2.75, 3.05) is 13.7 Å². The molecule has 0 bridgehead atoms. The van der Waals surface area contributed by atoms with Crippen LogP contribution >= 0.6 is 12.4 Å². The van der Waals surface area contributed by atoms with E-state index in [9.17, 15) is 4.79 Å². The fraction of sp³-hybridized carbons (Fsp3) is 0.588. The van der Waals surface area contributed by atoms with E-state index >= 15 is 0 Å². The molecule has 0 spiro atoms. The van der Waals surface area contributed by atoms with Crippen molar-refractivity contribution in [3.8, 4) is 5.75 Å². The third-order valence-electron chi connectivity index (χ3n) is 4.26.